The smallest absolute Gasteiger partial charge is 0.463 e. The molecule has 5 rings (SSSR count). The molecule has 1 heterocycles. The lowest BCUT2D eigenvalue weighted by Crippen LogP contribution is -2.54. The lowest BCUT2D eigenvalue weighted by Gasteiger charge is -2.60. The molecule has 0 bridgehead atoms. The van der Waals surface area contributed by atoms with Gasteiger partial charge in [0.1, 0.15) is 12.6 Å². The highest BCUT2D eigenvalue weighted by Gasteiger charge is 2.63. The van der Waals surface area contributed by atoms with Crippen molar-refractivity contribution in [2.75, 3.05) is 0 Å². The Hall–Kier alpha value is -1.33. The Labute approximate surface area is 217 Å². The van der Waals surface area contributed by atoms with Crippen LogP contribution in [0.15, 0.2) is 0 Å². The average Bonchev–Trinajstić information content (AvgIpc) is 3.27. The van der Waals surface area contributed by atoms with Crippen LogP contribution in [0.4, 0.5) is 30.4 Å². The molecule has 0 amide bonds. The zero-order chi connectivity index (χ0) is 27.6. The van der Waals surface area contributed by atoms with Gasteiger partial charge in [-0.25, -0.2) is 0 Å². The van der Waals surface area contributed by atoms with E-state index in [1.165, 1.54) is 6.92 Å². The Bertz CT molecular complexity index is 1020. The van der Waals surface area contributed by atoms with Gasteiger partial charge in [0.2, 0.25) is 0 Å². The molecule has 0 unspecified atom stereocenters. The third-order valence-corrected chi connectivity index (χ3v) is 11.4. The molecule has 3 nitrogen and oxygen atoms in total. The molecule has 0 aromatic carbocycles. The van der Waals surface area contributed by atoms with Gasteiger partial charge >= 0.3 is 24.4 Å². The van der Waals surface area contributed by atoms with Crippen LogP contribution in [0, 0.1) is 29.1 Å². The molecule has 7 atom stereocenters. The maximum Gasteiger partial charge on any atom is 0.673 e. The molecule has 37 heavy (non-hydrogen) atoms. The first-order valence-electron chi connectivity index (χ1n) is 13.2. The molecule has 3 fully saturated rings. The van der Waals surface area contributed by atoms with Crippen molar-refractivity contribution >= 4 is 24.6 Å². The summed E-state index contributed by atoms with van der Waals surface area (Å²) in [7, 11) is -6.00. The second-order valence-corrected chi connectivity index (χ2v) is 12.7. The third-order valence-electron chi connectivity index (χ3n) is 9.86. The van der Waals surface area contributed by atoms with Gasteiger partial charge in [0.25, 0.3) is 0 Å². The molecule has 1 aromatic heterocycles. The number of alkyl halides is 3. The highest BCUT2D eigenvalue weighted by Crippen LogP contribution is 2.66. The van der Waals surface area contributed by atoms with Gasteiger partial charge in [0, 0.05) is 18.8 Å². The van der Waals surface area contributed by atoms with Crippen molar-refractivity contribution in [3.8, 4) is 0 Å². The van der Waals surface area contributed by atoms with E-state index in [2.05, 4.69) is 13.8 Å². The van der Waals surface area contributed by atoms with E-state index in [9.17, 15) is 35.2 Å². The molecule has 4 aliphatic rings. The predicted octanol–water partition coefficient (Wildman–Crippen LogP) is 7.36. The molecule has 3 saturated carbocycles. The largest absolute Gasteiger partial charge is 0.673 e. The fourth-order valence-corrected chi connectivity index (χ4v) is 9.85. The average molecular weight is 557 g/mol. The number of carbonyl (C=O) groups excluding carboxylic acids is 1. The van der Waals surface area contributed by atoms with Gasteiger partial charge in [-0.1, -0.05) is 25.2 Å². The fraction of sp³-hybridized carbons (Fsp3) is 0.840. The van der Waals surface area contributed by atoms with Crippen LogP contribution >= 0.6 is 11.3 Å². The minimum atomic E-state index is -6.00. The van der Waals surface area contributed by atoms with Crippen LogP contribution in [0.25, 0.3) is 0 Å². The van der Waals surface area contributed by atoms with E-state index in [0.29, 0.717) is 30.2 Å². The van der Waals surface area contributed by atoms with E-state index in [4.69, 9.17) is 4.74 Å². The summed E-state index contributed by atoms with van der Waals surface area (Å²) in [4.78, 5) is 12.5. The van der Waals surface area contributed by atoms with Gasteiger partial charge in [-0.3, -0.25) is 4.79 Å². The third kappa shape index (κ3) is 5.29. The van der Waals surface area contributed by atoms with Crippen molar-refractivity contribution in [2.24, 2.45) is 29.1 Å². The SMILES string of the molecule is CC[n+]1c(C(F)(F)F)sc2c1C[C@H]1[C@@H]3CC[C@H]4C[C@@H](OC(C)=O)CC[C@]4(C)[C@H]3CC[C@]21C.F[B-](F)(F)F. The summed E-state index contributed by atoms with van der Waals surface area (Å²) >= 11 is 1.02. The monoisotopic (exact) mass is 557 g/mol. The van der Waals surface area contributed by atoms with E-state index in [1.54, 1.807) is 4.57 Å². The van der Waals surface area contributed by atoms with E-state index in [1.807, 2.05) is 6.92 Å². The van der Waals surface area contributed by atoms with Crippen molar-refractivity contribution in [2.45, 2.75) is 103 Å². The number of carbonyl (C=O) groups is 1. The highest BCUT2D eigenvalue weighted by molar-refractivity contribution is 7.11. The Kier molecular flexibility index (Phi) is 7.52. The molecule has 0 radical (unpaired) electrons. The van der Waals surface area contributed by atoms with E-state index in [-0.39, 0.29) is 22.9 Å². The maximum atomic E-state index is 13.7. The molecule has 0 saturated heterocycles. The Morgan fingerprint density at radius 2 is 1.73 bits per heavy atom. The number of nitrogens with zero attached hydrogens (tertiary/aromatic N) is 1. The fourth-order valence-electron chi connectivity index (χ4n) is 8.40. The van der Waals surface area contributed by atoms with E-state index in [0.717, 1.165) is 73.3 Å². The highest BCUT2D eigenvalue weighted by atomic mass is 32.1. The Balaban J connectivity index is 0.000000586. The summed E-state index contributed by atoms with van der Waals surface area (Å²) in [5, 5.41) is -0.425. The van der Waals surface area contributed by atoms with Gasteiger partial charge in [-0.15, -0.1) is 0 Å². The predicted molar refractivity (Wildman–Crippen MR) is 126 cm³/mol. The summed E-state index contributed by atoms with van der Waals surface area (Å²) in [5.41, 5.74) is 1.10. The van der Waals surface area contributed by atoms with Crippen LogP contribution in [-0.2, 0) is 34.1 Å². The minimum Gasteiger partial charge on any atom is -0.463 e. The van der Waals surface area contributed by atoms with Crippen LogP contribution < -0.4 is 4.57 Å². The van der Waals surface area contributed by atoms with Gasteiger partial charge < -0.3 is 22.0 Å². The lowest BCUT2D eigenvalue weighted by atomic mass is 9.45. The number of rotatable bonds is 2. The summed E-state index contributed by atoms with van der Waals surface area (Å²) in [6, 6.07) is 0. The van der Waals surface area contributed by atoms with Crippen LogP contribution in [0.1, 0.15) is 88.2 Å². The molecule has 0 spiro atoms. The van der Waals surface area contributed by atoms with Crippen LogP contribution in [0.3, 0.4) is 0 Å². The molecule has 0 aliphatic heterocycles. The Morgan fingerprint density at radius 1 is 1.08 bits per heavy atom. The first-order chi connectivity index (χ1) is 17.0. The number of hydrogen-bond acceptors (Lipinski definition) is 3. The molecule has 210 valence electrons. The van der Waals surface area contributed by atoms with Crippen molar-refractivity contribution in [1.29, 1.82) is 0 Å². The first kappa shape index (κ1) is 28.7. The van der Waals surface area contributed by atoms with Gasteiger partial charge in [-0.05, 0) is 81.0 Å². The van der Waals surface area contributed by atoms with Crippen molar-refractivity contribution in [3.05, 3.63) is 15.6 Å². The summed E-state index contributed by atoms with van der Waals surface area (Å²) in [6.07, 6.45) is 3.98. The van der Waals surface area contributed by atoms with Crippen LogP contribution in [0.2, 0.25) is 0 Å². The molecular formula is C25H35BF7NO2S. The van der Waals surface area contributed by atoms with Gasteiger partial charge in [-0.2, -0.15) is 17.7 Å². The normalized spacial score (nSPS) is 36.9. The lowest BCUT2D eigenvalue weighted by molar-refractivity contribution is -0.713. The topological polar surface area (TPSA) is 30.2 Å². The number of esters is 1. The standard InChI is InChI=1S/C25H35F3NO2S.BF4/c1-5-29-20-13-19-17-7-6-15-12-16(31-14(2)30)8-10-23(15,3)18(17)9-11-24(19,4)21(20)32-22(29)25(26,27)28;2-1(3,4)5/h15-19H,5-13H2,1-4H3;/q+1;-1/t15-,16-,17+,18-,19-,23-,24-;/m0./s1. The molecular weight excluding hydrogens is 522 g/mol. The zero-order valence-electron chi connectivity index (χ0n) is 21.6. The minimum absolute atomic E-state index is 0.0544. The quantitative estimate of drug-likeness (QED) is 0.165. The zero-order valence-corrected chi connectivity index (χ0v) is 22.5. The van der Waals surface area contributed by atoms with Gasteiger partial charge in [0.15, 0.2) is 5.69 Å². The van der Waals surface area contributed by atoms with Crippen molar-refractivity contribution < 1.29 is 44.5 Å². The van der Waals surface area contributed by atoms with Gasteiger partial charge in [0.05, 0.1) is 4.88 Å². The number of fused-ring (bicyclic) bond motifs is 7. The molecule has 12 heteroatoms. The molecule has 0 N–H and O–H groups in total. The molecule has 1 aromatic rings. The van der Waals surface area contributed by atoms with Crippen LogP contribution in [0.5, 0.6) is 0 Å². The number of halogens is 7. The second-order valence-electron chi connectivity index (χ2n) is 11.7. The Morgan fingerprint density at radius 3 is 2.30 bits per heavy atom. The molecule has 4 aliphatic carbocycles. The number of ether oxygens (including phenoxy) is 1. The first-order valence-corrected chi connectivity index (χ1v) is 14.0. The number of hydrogen-bond donors (Lipinski definition) is 0. The van der Waals surface area contributed by atoms with Crippen molar-refractivity contribution in [3.63, 3.8) is 0 Å². The number of aromatic nitrogens is 1. The van der Waals surface area contributed by atoms with Crippen molar-refractivity contribution in [1.82, 2.24) is 0 Å². The van der Waals surface area contributed by atoms with E-state index >= 15 is 0 Å². The number of thiazole rings is 1. The summed E-state index contributed by atoms with van der Waals surface area (Å²) in [6.45, 7) is 8.43. The summed E-state index contributed by atoms with van der Waals surface area (Å²) < 4.78 is 87.3. The maximum absolute atomic E-state index is 13.7. The summed E-state index contributed by atoms with van der Waals surface area (Å²) in [5.74, 6) is 2.06. The van der Waals surface area contributed by atoms with Crippen LogP contribution in [-0.4, -0.2) is 19.3 Å². The van der Waals surface area contributed by atoms with E-state index < -0.39 is 18.4 Å². The second kappa shape index (κ2) is 9.70.